The molecule has 70 valence electrons. The van der Waals surface area contributed by atoms with Gasteiger partial charge in [0.25, 0.3) is 0 Å². The fourth-order valence-corrected chi connectivity index (χ4v) is 1.32. The third-order valence-electron chi connectivity index (χ3n) is 1.69. The number of carbonyl (C=O) groups is 1. The van der Waals surface area contributed by atoms with Crippen LogP contribution in [0.15, 0.2) is 30.3 Å². The summed E-state index contributed by atoms with van der Waals surface area (Å²) in [4.78, 5) is 11.4. The molecule has 1 atom stereocenters. The zero-order valence-corrected chi connectivity index (χ0v) is 9.20. The van der Waals surface area contributed by atoms with Gasteiger partial charge in [0, 0.05) is 12.0 Å². The Balaban J connectivity index is 2.50. The van der Waals surface area contributed by atoms with Crippen LogP contribution in [0, 0.1) is 0 Å². The molecule has 0 N–H and O–H groups in total. The van der Waals surface area contributed by atoms with Gasteiger partial charge < -0.3 is 0 Å². The van der Waals surface area contributed by atoms with Crippen molar-refractivity contribution in [2.75, 3.05) is 0 Å². The minimum atomic E-state index is -0.926. The van der Waals surface area contributed by atoms with Gasteiger partial charge in [0.15, 0.2) is 9.96 Å². The van der Waals surface area contributed by atoms with E-state index in [-0.39, 0.29) is 12.2 Å². The summed E-state index contributed by atoms with van der Waals surface area (Å²) in [6, 6.07) is 8.98. The molecule has 0 aromatic heterocycles. The van der Waals surface area contributed by atoms with Gasteiger partial charge in [-0.2, -0.15) is 0 Å². The first-order valence-electron chi connectivity index (χ1n) is 4.06. The largest absolute Gasteiger partial charge is 0.294 e. The van der Waals surface area contributed by atoms with Gasteiger partial charge >= 0.3 is 0 Å². The number of halogens is 2. The van der Waals surface area contributed by atoms with Crippen LogP contribution < -0.4 is 0 Å². The van der Waals surface area contributed by atoms with E-state index in [0.29, 0.717) is 12.0 Å². The molecule has 3 heteroatoms. The minimum absolute atomic E-state index is 0.0138. The Morgan fingerprint density at radius 3 is 2.54 bits per heavy atom. The maximum absolute atomic E-state index is 12.4. The molecule has 0 amide bonds. The molecular formula is C10H10FIO. The molecule has 0 fully saturated rings. The van der Waals surface area contributed by atoms with E-state index >= 15 is 0 Å². The highest BCUT2D eigenvalue weighted by atomic mass is 127. The normalized spacial score (nSPS) is 12.5. The number of rotatable bonds is 4. The lowest BCUT2D eigenvalue weighted by atomic mass is 10.1. The number of hydrogen-bond acceptors (Lipinski definition) is 1. The zero-order valence-electron chi connectivity index (χ0n) is 7.04. The standard InChI is InChI=1S/C10H10FIO/c11-10(12)7-6-9(13)8-4-2-1-3-5-8/h1-5,10H,6-7H2. The second-order valence-corrected chi connectivity index (χ2v) is 4.07. The van der Waals surface area contributed by atoms with E-state index < -0.39 is 4.18 Å². The van der Waals surface area contributed by atoms with E-state index in [2.05, 4.69) is 0 Å². The maximum atomic E-state index is 12.4. The van der Waals surface area contributed by atoms with Gasteiger partial charge in [0.2, 0.25) is 0 Å². The Morgan fingerprint density at radius 2 is 2.00 bits per heavy atom. The third kappa shape index (κ3) is 3.85. The second-order valence-electron chi connectivity index (χ2n) is 2.72. The van der Waals surface area contributed by atoms with Crippen LogP contribution in [0.5, 0.6) is 0 Å². The smallest absolute Gasteiger partial charge is 0.163 e. The molecular weight excluding hydrogens is 282 g/mol. The molecule has 1 aromatic rings. The van der Waals surface area contributed by atoms with Crippen molar-refractivity contribution in [1.82, 2.24) is 0 Å². The Hall–Kier alpha value is -0.450. The topological polar surface area (TPSA) is 17.1 Å². The highest BCUT2D eigenvalue weighted by Crippen LogP contribution is 2.12. The second kappa shape index (κ2) is 5.32. The Labute approximate surface area is 90.5 Å². The Morgan fingerprint density at radius 1 is 1.38 bits per heavy atom. The molecule has 0 heterocycles. The van der Waals surface area contributed by atoms with Crippen LogP contribution in [-0.2, 0) is 0 Å². The van der Waals surface area contributed by atoms with Crippen molar-refractivity contribution in [3.63, 3.8) is 0 Å². The summed E-state index contributed by atoms with van der Waals surface area (Å²) < 4.78 is 11.5. The summed E-state index contributed by atoms with van der Waals surface area (Å²) in [7, 11) is 0. The van der Waals surface area contributed by atoms with Gasteiger partial charge in [0.05, 0.1) is 0 Å². The van der Waals surface area contributed by atoms with Crippen LogP contribution in [0.3, 0.4) is 0 Å². The Bertz CT molecular complexity index is 272. The van der Waals surface area contributed by atoms with Gasteiger partial charge in [-0.15, -0.1) is 0 Å². The van der Waals surface area contributed by atoms with Gasteiger partial charge in [-0.1, -0.05) is 30.3 Å². The van der Waals surface area contributed by atoms with Crippen molar-refractivity contribution in [2.24, 2.45) is 0 Å². The van der Waals surface area contributed by atoms with Crippen LogP contribution in [0.1, 0.15) is 23.2 Å². The summed E-state index contributed by atoms with van der Waals surface area (Å²) in [5, 5.41) is 0. The molecule has 0 aliphatic rings. The summed E-state index contributed by atoms with van der Waals surface area (Å²) in [6.45, 7) is 0. The van der Waals surface area contributed by atoms with Gasteiger partial charge in [-0.3, -0.25) is 4.79 Å². The van der Waals surface area contributed by atoms with E-state index in [4.69, 9.17) is 0 Å². The number of carbonyl (C=O) groups excluding carboxylic acids is 1. The summed E-state index contributed by atoms with van der Waals surface area (Å²) in [5.41, 5.74) is 0.666. The zero-order chi connectivity index (χ0) is 9.68. The quantitative estimate of drug-likeness (QED) is 0.472. The van der Waals surface area contributed by atoms with Crippen LogP contribution in [-0.4, -0.2) is 9.96 Å². The molecule has 0 aliphatic carbocycles. The minimum Gasteiger partial charge on any atom is -0.294 e. The molecule has 0 saturated heterocycles. The molecule has 0 radical (unpaired) electrons. The fourth-order valence-electron chi connectivity index (χ4n) is 1.01. The summed E-state index contributed by atoms with van der Waals surface area (Å²) in [6.07, 6.45) is 0.586. The fraction of sp³-hybridized carbons (Fsp3) is 0.300. The lowest BCUT2D eigenvalue weighted by Gasteiger charge is -2.00. The van der Waals surface area contributed by atoms with Gasteiger partial charge in [0.1, 0.15) is 0 Å². The van der Waals surface area contributed by atoms with Crippen LogP contribution >= 0.6 is 22.6 Å². The Kier molecular flexibility index (Phi) is 4.35. The van der Waals surface area contributed by atoms with Crippen molar-refractivity contribution in [3.05, 3.63) is 35.9 Å². The number of ketones is 1. The first kappa shape index (κ1) is 10.6. The van der Waals surface area contributed by atoms with Crippen molar-refractivity contribution in [3.8, 4) is 0 Å². The summed E-state index contributed by atoms with van der Waals surface area (Å²) >= 11 is 1.68. The molecule has 1 rings (SSSR count). The van der Waals surface area contributed by atoms with Gasteiger partial charge in [-0.05, 0) is 29.0 Å². The number of benzene rings is 1. The lowest BCUT2D eigenvalue weighted by molar-refractivity contribution is 0.0976. The van der Waals surface area contributed by atoms with Crippen LogP contribution in [0.25, 0.3) is 0 Å². The highest BCUT2D eigenvalue weighted by Gasteiger charge is 2.07. The molecule has 0 aliphatic heterocycles. The van der Waals surface area contributed by atoms with Crippen LogP contribution in [0.4, 0.5) is 4.39 Å². The third-order valence-corrected chi connectivity index (χ3v) is 2.31. The number of alkyl halides is 2. The van der Waals surface area contributed by atoms with Crippen LogP contribution in [0.2, 0.25) is 0 Å². The molecule has 0 spiro atoms. The van der Waals surface area contributed by atoms with Gasteiger partial charge in [-0.25, -0.2) is 4.39 Å². The van der Waals surface area contributed by atoms with Crippen molar-refractivity contribution in [1.29, 1.82) is 0 Å². The SMILES string of the molecule is O=C(CCC(F)I)c1ccccc1. The van der Waals surface area contributed by atoms with Crippen molar-refractivity contribution >= 4 is 28.4 Å². The predicted octanol–water partition coefficient (Wildman–Crippen LogP) is 3.38. The number of Topliss-reactive ketones (excluding diaryl/α,β-unsaturated/α-hetero) is 1. The maximum Gasteiger partial charge on any atom is 0.163 e. The average Bonchev–Trinajstić information content (AvgIpc) is 2.15. The monoisotopic (exact) mass is 292 g/mol. The summed E-state index contributed by atoms with van der Waals surface area (Å²) in [5.74, 6) is 0.0138. The van der Waals surface area contributed by atoms with E-state index in [0.717, 1.165) is 0 Å². The van der Waals surface area contributed by atoms with E-state index in [9.17, 15) is 9.18 Å². The lowest BCUT2D eigenvalue weighted by Crippen LogP contribution is -2.00. The average molecular weight is 292 g/mol. The van der Waals surface area contributed by atoms with Crippen molar-refractivity contribution < 1.29 is 9.18 Å². The van der Waals surface area contributed by atoms with E-state index in [1.165, 1.54) is 0 Å². The molecule has 1 nitrogen and oxygen atoms in total. The first-order valence-corrected chi connectivity index (χ1v) is 5.31. The van der Waals surface area contributed by atoms with E-state index in [1.807, 2.05) is 18.2 Å². The number of hydrogen-bond donors (Lipinski definition) is 0. The molecule has 1 aromatic carbocycles. The van der Waals surface area contributed by atoms with E-state index in [1.54, 1.807) is 34.7 Å². The highest BCUT2D eigenvalue weighted by molar-refractivity contribution is 14.1. The van der Waals surface area contributed by atoms with Crippen molar-refractivity contribution in [2.45, 2.75) is 17.0 Å². The molecule has 1 unspecified atom stereocenters. The molecule has 13 heavy (non-hydrogen) atoms. The molecule has 0 bridgehead atoms. The predicted molar refractivity (Wildman–Crippen MR) is 58.9 cm³/mol. The molecule has 0 saturated carbocycles. The first-order chi connectivity index (χ1) is 6.20.